The van der Waals surface area contributed by atoms with E-state index in [1.807, 2.05) is 0 Å². The van der Waals surface area contributed by atoms with Gasteiger partial charge in [-0.3, -0.25) is 0 Å². The molecule has 0 atom stereocenters. The van der Waals surface area contributed by atoms with Crippen molar-refractivity contribution in [2.24, 2.45) is 0 Å². The molecule has 1 rings (SSSR count). The molecular weight excluding hydrogens is 308 g/mol. The summed E-state index contributed by atoms with van der Waals surface area (Å²) < 4.78 is 74.6. The van der Waals surface area contributed by atoms with Crippen molar-refractivity contribution in [1.29, 1.82) is 0 Å². The highest BCUT2D eigenvalue weighted by atomic mass is 79.9. The van der Waals surface area contributed by atoms with Crippen LogP contribution < -0.4 is 4.74 Å². The Morgan fingerprint density at radius 1 is 1.06 bits per heavy atom. The van der Waals surface area contributed by atoms with Crippen LogP contribution in [0.5, 0.6) is 5.88 Å². The van der Waals surface area contributed by atoms with Gasteiger partial charge in [0.25, 0.3) is 0 Å². The summed E-state index contributed by atoms with van der Waals surface area (Å²) >= 11 is 2.53. The van der Waals surface area contributed by atoms with Gasteiger partial charge in [0.15, 0.2) is 5.69 Å². The van der Waals surface area contributed by atoms with Crippen molar-refractivity contribution in [2.75, 3.05) is 0 Å². The van der Waals surface area contributed by atoms with Gasteiger partial charge >= 0.3 is 12.5 Å². The lowest BCUT2D eigenvalue weighted by Crippen LogP contribution is -2.19. The fourth-order valence-electron chi connectivity index (χ4n) is 0.798. The molecule has 16 heavy (non-hydrogen) atoms. The second-order valence-corrected chi connectivity index (χ2v) is 3.38. The second kappa shape index (κ2) is 4.11. The molecule has 0 saturated heterocycles. The van der Waals surface area contributed by atoms with Gasteiger partial charge in [0, 0.05) is 10.5 Å². The standard InChI is InChI=1S/C7H2BrF6NO/c8-3-1-2-4(16-7(12,13)14)15-5(3)6(9,10)11/h1-2H. The summed E-state index contributed by atoms with van der Waals surface area (Å²) in [6, 6.07) is 1.45. The van der Waals surface area contributed by atoms with E-state index in [9.17, 15) is 26.3 Å². The molecular formula is C7H2BrF6NO. The Balaban J connectivity index is 3.09. The lowest BCUT2D eigenvalue weighted by molar-refractivity contribution is -0.276. The molecule has 0 fully saturated rings. The lowest BCUT2D eigenvalue weighted by Gasteiger charge is -2.11. The van der Waals surface area contributed by atoms with Crippen LogP contribution in [0, 0.1) is 0 Å². The third kappa shape index (κ3) is 3.54. The van der Waals surface area contributed by atoms with E-state index in [1.54, 1.807) is 0 Å². The molecule has 0 spiro atoms. The number of halogens is 7. The average Bonchev–Trinajstić information content (AvgIpc) is 2.04. The molecule has 2 nitrogen and oxygen atoms in total. The van der Waals surface area contributed by atoms with Gasteiger partial charge in [-0.05, 0) is 22.0 Å². The number of ether oxygens (including phenoxy) is 1. The van der Waals surface area contributed by atoms with Gasteiger partial charge in [-0.15, -0.1) is 13.2 Å². The van der Waals surface area contributed by atoms with E-state index in [2.05, 4.69) is 25.7 Å². The smallest absolute Gasteiger partial charge is 0.388 e. The second-order valence-electron chi connectivity index (χ2n) is 2.53. The molecule has 9 heteroatoms. The summed E-state index contributed by atoms with van der Waals surface area (Å²) in [7, 11) is 0. The largest absolute Gasteiger partial charge is 0.574 e. The summed E-state index contributed by atoms with van der Waals surface area (Å²) in [5.74, 6) is -1.16. The molecule has 0 bridgehead atoms. The Labute approximate surface area is 93.4 Å². The Kier molecular flexibility index (Phi) is 3.36. The molecule has 0 radical (unpaired) electrons. The number of nitrogens with zero attached hydrogens (tertiary/aromatic N) is 1. The highest BCUT2D eigenvalue weighted by Gasteiger charge is 2.37. The van der Waals surface area contributed by atoms with Gasteiger partial charge in [-0.2, -0.15) is 13.2 Å². The van der Waals surface area contributed by atoms with Crippen LogP contribution in [0.1, 0.15) is 5.69 Å². The average molecular weight is 310 g/mol. The van der Waals surface area contributed by atoms with Gasteiger partial charge in [-0.25, -0.2) is 4.98 Å². The first-order valence-corrected chi connectivity index (χ1v) is 4.38. The lowest BCUT2D eigenvalue weighted by atomic mass is 10.3. The molecule has 90 valence electrons. The maximum Gasteiger partial charge on any atom is 0.574 e. The number of pyridine rings is 1. The Bertz CT molecular complexity index is 387. The summed E-state index contributed by atoms with van der Waals surface area (Å²) in [5, 5.41) is 0. The van der Waals surface area contributed by atoms with Crippen molar-refractivity contribution in [1.82, 2.24) is 4.98 Å². The highest BCUT2D eigenvalue weighted by molar-refractivity contribution is 9.10. The minimum absolute atomic E-state index is 0.463. The minimum atomic E-state index is -5.08. The van der Waals surface area contributed by atoms with Gasteiger partial charge in [0.05, 0.1) is 0 Å². The van der Waals surface area contributed by atoms with E-state index in [-0.39, 0.29) is 0 Å². The first kappa shape index (κ1) is 13.1. The zero-order chi connectivity index (χ0) is 12.6. The van der Waals surface area contributed by atoms with Gasteiger partial charge in [-0.1, -0.05) is 0 Å². The highest BCUT2D eigenvalue weighted by Crippen LogP contribution is 2.35. The van der Waals surface area contributed by atoms with Crippen LogP contribution >= 0.6 is 15.9 Å². The third-order valence-electron chi connectivity index (χ3n) is 1.31. The van der Waals surface area contributed by atoms with Crippen molar-refractivity contribution in [3.63, 3.8) is 0 Å². The van der Waals surface area contributed by atoms with E-state index < -0.39 is 28.6 Å². The number of alkyl halides is 6. The van der Waals surface area contributed by atoms with Crippen molar-refractivity contribution in [2.45, 2.75) is 12.5 Å². The topological polar surface area (TPSA) is 22.1 Å². The van der Waals surface area contributed by atoms with Crippen molar-refractivity contribution in [3.05, 3.63) is 22.3 Å². The van der Waals surface area contributed by atoms with E-state index >= 15 is 0 Å². The van der Waals surface area contributed by atoms with Crippen molar-refractivity contribution in [3.8, 4) is 5.88 Å². The first-order valence-electron chi connectivity index (χ1n) is 3.59. The molecule has 0 aliphatic rings. The molecule has 1 aromatic rings. The summed E-state index contributed by atoms with van der Waals surface area (Å²) in [6.45, 7) is 0. The first-order chi connectivity index (χ1) is 7.09. The Morgan fingerprint density at radius 3 is 2.06 bits per heavy atom. The van der Waals surface area contributed by atoms with Gasteiger partial charge in [0.2, 0.25) is 5.88 Å². The maximum atomic E-state index is 12.2. The summed E-state index contributed by atoms with van der Waals surface area (Å²) in [6.07, 6.45) is -9.94. The number of hydrogen-bond donors (Lipinski definition) is 0. The number of rotatable bonds is 1. The molecule has 0 aliphatic heterocycles. The fourth-order valence-corrected chi connectivity index (χ4v) is 1.24. The van der Waals surface area contributed by atoms with Crippen LogP contribution in [0.15, 0.2) is 16.6 Å². The van der Waals surface area contributed by atoms with Crippen LogP contribution in [0.3, 0.4) is 0 Å². The van der Waals surface area contributed by atoms with Crippen LogP contribution in [-0.4, -0.2) is 11.3 Å². The molecule has 1 aromatic heterocycles. The molecule has 0 aliphatic carbocycles. The van der Waals surface area contributed by atoms with E-state index in [1.165, 1.54) is 0 Å². The maximum absolute atomic E-state index is 12.2. The van der Waals surface area contributed by atoms with Crippen LogP contribution in [-0.2, 0) is 6.18 Å². The quantitative estimate of drug-likeness (QED) is 0.737. The Hall–Kier alpha value is -0.990. The normalized spacial score (nSPS) is 12.7. The number of hydrogen-bond acceptors (Lipinski definition) is 2. The molecule has 0 amide bonds. The van der Waals surface area contributed by atoms with E-state index in [4.69, 9.17) is 0 Å². The minimum Gasteiger partial charge on any atom is -0.388 e. The van der Waals surface area contributed by atoms with E-state index in [0.29, 0.717) is 6.07 Å². The molecule has 0 saturated carbocycles. The van der Waals surface area contributed by atoms with Crippen LogP contribution in [0.4, 0.5) is 26.3 Å². The Morgan fingerprint density at radius 2 is 1.62 bits per heavy atom. The molecule has 0 N–H and O–H groups in total. The van der Waals surface area contributed by atoms with Gasteiger partial charge in [0.1, 0.15) is 0 Å². The fraction of sp³-hybridized carbons (Fsp3) is 0.286. The van der Waals surface area contributed by atoms with Crippen molar-refractivity contribution >= 4 is 15.9 Å². The SMILES string of the molecule is FC(F)(F)Oc1ccc(Br)c(C(F)(F)F)n1. The molecule has 0 unspecified atom stereocenters. The molecule has 1 heterocycles. The monoisotopic (exact) mass is 309 g/mol. The predicted molar refractivity (Wildman–Crippen MR) is 43.6 cm³/mol. The zero-order valence-electron chi connectivity index (χ0n) is 7.16. The van der Waals surface area contributed by atoms with E-state index in [0.717, 1.165) is 6.07 Å². The number of aromatic nitrogens is 1. The third-order valence-corrected chi connectivity index (χ3v) is 1.95. The predicted octanol–water partition coefficient (Wildman–Crippen LogP) is 3.76. The van der Waals surface area contributed by atoms with Crippen molar-refractivity contribution < 1.29 is 31.1 Å². The van der Waals surface area contributed by atoms with Crippen LogP contribution in [0.25, 0.3) is 0 Å². The summed E-state index contributed by atoms with van der Waals surface area (Å²) in [5.41, 5.74) is -1.48. The summed E-state index contributed by atoms with van der Waals surface area (Å²) in [4.78, 5) is 2.71. The van der Waals surface area contributed by atoms with Crippen LogP contribution in [0.2, 0.25) is 0 Å². The van der Waals surface area contributed by atoms with Gasteiger partial charge < -0.3 is 4.74 Å². The molecule has 0 aromatic carbocycles. The zero-order valence-corrected chi connectivity index (χ0v) is 8.74.